The van der Waals surface area contributed by atoms with Crippen molar-refractivity contribution in [1.29, 1.82) is 0 Å². The molecule has 0 aromatic carbocycles. The van der Waals surface area contributed by atoms with Gasteiger partial charge >= 0.3 is 0 Å². The molecule has 24 heavy (non-hydrogen) atoms. The molecule has 0 saturated carbocycles. The van der Waals surface area contributed by atoms with Crippen LogP contribution in [0.1, 0.15) is 36.4 Å². The monoisotopic (exact) mass is 447 g/mol. The average molecular weight is 447 g/mol. The van der Waals surface area contributed by atoms with E-state index in [1.807, 2.05) is 12.1 Å². The van der Waals surface area contributed by atoms with Gasteiger partial charge in [0.25, 0.3) is 5.89 Å². The topological polar surface area (TPSA) is 97.7 Å². The van der Waals surface area contributed by atoms with Crippen molar-refractivity contribution in [2.24, 2.45) is 4.99 Å². The van der Waals surface area contributed by atoms with E-state index in [1.54, 1.807) is 20.2 Å². The Hall–Kier alpha value is -1.62. The highest BCUT2D eigenvalue weighted by Gasteiger charge is 2.30. The lowest BCUT2D eigenvalue weighted by Gasteiger charge is -2.15. The van der Waals surface area contributed by atoms with Crippen LogP contribution in [0.25, 0.3) is 0 Å². The smallest absolute Gasteiger partial charge is 0.255 e. The molecule has 8 nitrogen and oxygen atoms in total. The number of hydrogen-bond donors (Lipinski definition) is 2. The minimum Gasteiger partial charge on any atom is -0.467 e. The van der Waals surface area contributed by atoms with Crippen LogP contribution in [-0.2, 0) is 11.3 Å². The number of aromatic nitrogens is 2. The predicted octanol–water partition coefficient (Wildman–Crippen LogP) is 2.17. The van der Waals surface area contributed by atoms with Crippen LogP contribution in [0.3, 0.4) is 0 Å². The summed E-state index contributed by atoms with van der Waals surface area (Å²) in [5.41, 5.74) is 0. The highest BCUT2D eigenvalue weighted by atomic mass is 127. The van der Waals surface area contributed by atoms with E-state index in [2.05, 4.69) is 25.8 Å². The molecule has 0 radical (unpaired) electrons. The molecule has 1 saturated heterocycles. The van der Waals surface area contributed by atoms with Gasteiger partial charge in [0.15, 0.2) is 11.8 Å². The van der Waals surface area contributed by atoms with E-state index < -0.39 is 0 Å². The van der Waals surface area contributed by atoms with E-state index >= 15 is 0 Å². The van der Waals surface area contributed by atoms with Gasteiger partial charge in [0.05, 0.1) is 18.9 Å². The molecule has 1 aliphatic heterocycles. The van der Waals surface area contributed by atoms with Crippen LogP contribution >= 0.6 is 24.0 Å². The van der Waals surface area contributed by atoms with Crippen molar-refractivity contribution in [2.45, 2.75) is 38.5 Å². The molecule has 3 rings (SSSR count). The zero-order chi connectivity index (χ0) is 16.1. The molecule has 2 N–H and O–H groups in total. The summed E-state index contributed by atoms with van der Waals surface area (Å²) in [6.07, 6.45) is 3.45. The summed E-state index contributed by atoms with van der Waals surface area (Å²) in [4.78, 5) is 8.41. The van der Waals surface area contributed by atoms with Crippen LogP contribution in [0.5, 0.6) is 0 Å². The van der Waals surface area contributed by atoms with Gasteiger partial charge in [-0.25, -0.2) is 0 Å². The van der Waals surface area contributed by atoms with Gasteiger partial charge in [0.1, 0.15) is 11.9 Å². The molecule has 0 spiro atoms. The molecular weight excluding hydrogens is 425 g/mol. The van der Waals surface area contributed by atoms with Crippen molar-refractivity contribution in [3.63, 3.8) is 0 Å². The molecule has 3 heterocycles. The summed E-state index contributed by atoms with van der Waals surface area (Å²) < 4.78 is 16.4. The minimum atomic E-state index is -0.110. The molecule has 0 aliphatic carbocycles. The molecule has 2 aromatic rings. The molecule has 1 fully saturated rings. The second-order valence-corrected chi connectivity index (χ2v) is 5.39. The fourth-order valence-corrected chi connectivity index (χ4v) is 2.50. The van der Waals surface area contributed by atoms with E-state index in [4.69, 9.17) is 13.7 Å². The number of rotatable bonds is 5. The molecule has 0 amide bonds. The van der Waals surface area contributed by atoms with Crippen LogP contribution in [-0.4, -0.2) is 35.8 Å². The third-order valence-electron chi connectivity index (χ3n) is 3.66. The maximum Gasteiger partial charge on any atom is 0.255 e. The van der Waals surface area contributed by atoms with Crippen molar-refractivity contribution in [1.82, 2.24) is 20.8 Å². The van der Waals surface area contributed by atoms with Gasteiger partial charge < -0.3 is 24.3 Å². The van der Waals surface area contributed by atoms with E-state index in [9.17, 15) is 0 Å². The summed E-state index contributed by atoms with van der Waals surface area (Å²) in [5, 5.41) is 10.3. The Labute approximate surface area is 157 Å². The first-order valence-electron chi connectivity index (χ1n) is 7.67. The van der Waals surface area contributed by atoms with Gasteiger partial charge in [-0.15, -0.1) is 24.0 Å². The standard InChI is InChI=1S/C15H21N5O3.HI/c1-10-19-14(23-20-10)13-6-5-12(22-13)9-18-15(16-2)17-8-11-4-3-7-21-11;/h3-4,7,12-13H,5-6,8-9H2,1-2H3,(H2,16,17,18);1H/t12-,13+;/m1./s1. The fourth-order valence-electron chi connectivity index (χ4n) is 2.50. The van der Waals surface area contributed by atoms with Crippen LogP contribution in [0.2, 0.25) is 0 Å². The molecule has 132 valence electrons. The van der Waals surface area contributed by atoms with E-state index in [0.717, 1.165) is 18.6 Å². The Morgan fingerprint density at radius 1 is 1.38 bits per heavy atom. The van der Waals surface area contributed by atoms with Crippen molar-refractivity contribution in [3.05, 3.63) is 35.9 Å². The first kappa shape index (κ1) is 18.7. The molecule has 1 aliphatic rings. The van der Waals surface area contributed by atoms with Gasteiger partial charge in [-0.3, -0.25) is 4.99 Å². The van der Waals surface area contributed by atoms with Crippen LogP contribution in [0.4, 0.5) is 0 Å². The number of guanidine groups is 1. The van der Waals surface area contributed by atoms with Crippen LogP contribution in [0.15, 0.2) is 32.3 Å². The number of aliphatic imine (C=N–C) groups is 1. The minimum absolute atomic E-state index is 0. The fraction of sp³-hybridized carbons (Fsp3) is 0.533. The first-order valence-corrected chi connectivity index (χ1v) is 7.67. The maximum absolute atomic E-state index is 5.95. The Morgan fingerprint density at radius 3 is 2.92 bits per heavy atom. The molecule has 2 atom stereocenters. The Morgan fingerprint density at radius 2 is 2.25 bits per heavy atom. The van der Waals surface area contributed by atoms with Crippen molar-refractivity contribution in [3.8, 4) is 0 Å². The predicted molar refractivity (Wildman–Crippen MR) is 98.2 cm³/mol. The highest BCUT2D eigenvalue weighted by molar-refractivity contribution is 14.0. The lowest BCUT2D eigenvalue weighted by atomic mass is 10.2. The molecular formula is C15H22IN5O3. The van der Waals surface area contributed by atoms with Crippen LogP contribution in [0, 0.1) is 6.92 Å². The Balaban J connectivity index is 0.00000208. The van der Waals surface area contributed by atoms with E-state index in [-0.39, 0.29) is 36.2 Å². The number of nitrogens with zero attached hydrogens (tertiary/aromatic N) is 3. The number of furan rings is 1. The lowest BCUT2D eigenvalue weighted by molar-refractivity contribution is 0.0285. The third kappa shape index (κ3) is 4.94. The molecule has 9 heteroatoms. The van der Waals surface area contributed by atoms with Gasteiger partial charge in [0.2, 0.25) is 0 Å². The van der Waals surface area contributed by atoms with Gasteiger partial charge in [-0.2, -0.15) is 4.98 Å². The van der Waals surface area contributed by atoms with Gasteiger partial charge in [0, 0.05) is 13.6 Å². The maximum atomic E-state index is 5.95. The summed E-state index contributed by atoms with van der Waals surface area (Å²) in [5.74, 6) is 2.76. The largest absolute Gasteiger partial charge is 0.467 e. The Kier molecular flexibility index (Phi) is 7.03. The average Bonchev–Trinajstić information content (AvgIpc) is 3.28. The number of ether oxygens (including phenoxy) is 1. The van der Waals surface area contributed by atoms with Crippen molar-refractivity contribution in [2.75, 3.05) is 13.6 Å². The quantitative estimate of drug-likeness (QED) is 0.412. The lowest BCUT2D eigenvalue weighted by Crippen LogP contribution is -2.40. The first-order chi connectivity index (χ1) is 11.2. The SMILES string of the molecule is CN=C(NCc1ccco1)NC[C@H]1CC[C@@H](c2nc(C)no2)O1.I. The van der Waals surface area contributed by atoms with E-state index in [1.165, 1.54) is 0 Å². The molecule has 0 bridgehead atoms. The normalized spacial score (nSPS) is 20.7. The second kappa shape index (κ2) is 9.02. The Bertz CT molecular complexity index is 643. The number of nitrogens with one attached hydrogen (secondary N) is 2. The third-order valence-corrected chi connectivity index (χ3v) is 3.66. The van der Waals surface area contributed by atoms with Crippen LogP contribution < -0.4 is 10.6 Å². The molecule has 2 aromatic heterocycles. The second-order valence-electron chi connectivity index (χ2n) is 5.39. The summed E-state index contributed by atoms with van der Waals surface area (Å²) in [7, 11) is 1.73. The molecule has 0 unspecified atom stereocenters. The summed E-state index contributed by atoms with van der Waals surface area (Å²) in [6.45, 7) is 3.05. The van der Waals surface area contributed by atoms with Gasteiger partial charge in [-0.1, -0.05) is 5.16 Å². The zero-order valence-corrected chi connectivity index (χ0v) is 16.0. The van der Waals surface area contributed by atoms with Gasteiger partial charge in [-0.05, 0) is 31.9 Å². The van der Waals surface area contributed by atoms with E-state index in [0.29, 0.717) is 30.8 Å². The van der Waals surface area contributed by atoms with Crippen molar-refractivity contribution >= 4 is 29.9 Å². The number of halogens is 1. The zero-order valence-electron chi connectivity index (χ0n) is 13.7. The number of hydrogen-bond acceptors (Lipinski definition) is 6. The summed E-state index contributed by atoms with van der Waals surface area (Å²) >= 11 is 0. The highest BCUT2D eigenvalue weighted by Crippen LogP contribution is 2.31. The van der Waals surface area contributed by atoms with Crippen molar-refractivity contribution < 1.29 is 13.7 Å². The number of aryl methyl sites for hydroxylation is 1. The summed E-state index contributed by atoms with van der Waals surface area (Å²) in [6, 6.07) is 3.77.